The topological polar surface area (TPSA) is 61.4 Å². The number of ether oxygens (including phenoxy) is 2. The van der Waals surface area contributed by atoms with E-state index in [1.165, 1.54) is 11.1 Å². The van der Waals surface area contributed by atoms with Crippen LogP contribution in [0.4, 0.5) is 0 Å². The molecule has 0 bridgehead atoms. The molecule has 0 saturated carbocycles. The highest BCUT2D eigenvalue weighted by Gasteiger charge is 2.30. The van der Waals surface area contributed by atoms with Crippen molar-refractivity contribution in [1.29, 1.82) is 0 Å². The van der Waals surface area contributed by atoms with Gasteiger partial charge in [0.2, 0.25) is 0 Å². The van der Waals surface area contributed by atoms with E-state index in [1.807, 2.05) is 0 Å². The first-order valence-electron chi connectivity index (χ1n) is 7.74. The molecule has 6 heteroatoms. The molecule has 0 amide bonds. The Morgan fingerprint density at radius 1 is 1.36 bits per heavy atom. The summed E-state index contributed by atoms with van der Waals surface area (Å²) in [6.45, 7) is 4.70. The third-order valence-electron chi connectivity index (χ3n) is 4.06. The maximum Gasteiger partial charge on any atom is 0.169 e. The molecule has 1 atom stereocenters. The summed E-state index contributed by atoms with van der Waals surface area (Å²) < 4.78 is 10.8. The van der Waals surface area contributed by atoms with Crippen LogP contribution in [-0.4, -0.2) is 43.9 Å². The van der Waals surface area contributed by atoms with Gasteiger partial charge in [-0.05, 0) is 48.3 Å². The molecule has 0 aromatic heterocycles. The van der Waals surface area contributed by atoms with Gasteiger partial charge < -0.3 is 25.4 Å². The minimum absolute atomic E-state index is 0.181. The Labute approximate surface area is 137 Å². The molecule has 1 aromatic carbocycles. The first-order valence-corrected chi connectivity index (χ1v) is 8.15. The average Bonchev–Trinajstić information content (AvgIpc) is 2.56. The summed E-state index contributed by atoms with van der Waals surface area (Å²) in [6, 6.07) is 4.33. The van der Waals surface area contributed by atoms with E-state index < -0.39 is 0 Å². The van der Waals surface area contributed by atoms with Gasteiger partial charge in [-0.25, -0.2) is 0 Å². The number of quaternary nitrogens is 1. The second kappa shape index (κ2) is 7.65. The molecule has 0 spiro atoms. The van der Waals surface area contributed by atoms with Crippen LogP contribution in [-0.2, 0) is 6.42 Å². The van der Waals surface area contributed by atoms with Crippen LogP contribution in [0, 0.1) is 0 Å². The van der Waals surface area contributed by atoms with Crippen LogP contribution in [0.25, 0.3) is 0 Å². The summed E-state index contributed by atoms with van der Waals surface area (Å²) >= 11 is 5.55. The fourth-order valence-corrected chi connectivity index (χ4v) is 3.24. The summed E-state index contributed by atoms with van der Waals surface area (Å²) in [5.41, 5.74) is 6.65. The number of hydrogen-bond donors (Lipinski definition) is 2. The normalized spacial score (nSPS) is 16.9. The van der Waals surface area contributed by atoms with Gasteiger partial charge in [0, 0.05) is 13.1 Å². The summed E-state index contributed by atoms with van der Waals surface area (Å²) in [7, 11) is 3.33. The minimum Gasteiger partial charge on any atom is -0.493 e. The SMILES string of the molecule is CCCNC(=S)N1CCc2cc(OC)c(OC)cc2[C@H]1C[NH3+]. The molecule has 0 saturated heterocycles. The van der Waals surface area contributed by atoms with Crippen molar-refractivity contribution >= 4 is 17.3 Å². The molecule has 5 nitrogen and oxygen atoms in total. The fraction of sp³-hybridized carbons (Fsp3) is 0.562. The lowest BCUT2D eigenvalue weighted by molar-refractivity contribution is -0.378. The van der Waals surface area contributed by atoms with E-state index in [0.717, 1.165) is 49.1 Å². The predicted molar refractivity (Wildman–Crippen MR) is 91.3 cm³/mol. The lowest BCUT2D eigenvalue weighted by atomic mass is 9.92. The number of nitrogens with zero attached hydrogens (tertiary/aromatic N) is 1. The highest BCUT2D eigenvalue weighted by atomic mass is 32.1. The zero-order valence-corrected chi connectivity index (χ0v) is 14.5. The number of benzene rings is 1. The molecule has 2 rings (SSSR count). The maximum absolute atomic E-state index is 5.55. The Balaban J connectivity index is 2.32. The third-order valence-corrected chi connectivity index (χ3v) is 4.44. The van der Waals surface area contributed by atoms with E-state index in [0.29, 0.717) is 0 Å². The van der Waals surface area contributed by atoms with Crippen molar-refractivity contribution in [1.82, 2.24) is 10.2 Å². The Morgan fingerprint density at radius 2 is 2.05 bits per heavy atom. The molecule has 4 N–H and O–H groups in total. The fourth-order valence-electron chi connectivity index (χ4n) is 2.92. The van der Waals surface area contributed by atoms with Gasteiger partial charge >= 0.3 is 0 Å². The van der Waals surface area contributed by atoms with Crippen molar-refractivity contribution in [2.24, 2.45) is 0 Å². The van der Waals surface area contributed by atoms with Crippen LogP contribution in [0.2, 0.25) is 0 Å². The first kappa shape index (κ1) is 16.8. The van der Waals surface area contributed by atoms with Crippen molar-refractivity contribution < 1.29 is 15.2 Å². The van der Waals surface area contributed by atoms with E-state index in [1.54, 1.807) is 14.2 Å². The van der Waals surface area contributed by atoms with Gasteiger partial charge in [0.25, 0.3) is 0 Å². The van der Waals surface area contributed by atoms with Crippen LogP contribution in [0.15, 0.2) is 12.1 Å². The number of thiocarbonyl (C=S) groups is 1. The summed E-state index contributed by atoms with van der Waals surface area (Å²) in [4.78, 5) is 2.24. The number of fused-ring (bicyclic) bond motifs is 1. The van der Waals surface area contributed by atoms with Crippen LogP contribution < -0.4 is 20.5 Å². The standard InChI is InChI=1S/C16H25N3O2S/c1-4-6-18-16(22)19-7-5-11-8-14(20-2)15(21-3)9-12(11)13(19)10-17/h8-9,13H,4-7,10,17H2,1-3H3,(H,18,22)/p+1/t13-/m1/s1. The molecule has 0 unspecified atom stereocenters. The van der Waals surface area contributed by atoms with Crippen LogP contribution >= 0.6 is 12.2 Å². The van der Waals surface area contributed by atoms with Crippen LogP contribution in [0.5, 0.6) is 11.5 Å². The Morgan fingerprint density at radius 3 is 2.64 bits per heavy atom. The van der Waals surface area contributed by atoms with Crippen LogP contribution in [0.1, 0.15) is 30.5 Å². The lowest BCUT2D eigenvalue weighted by Gasteiger charge is -2.37. The zero-order valence-electron chi connectivity index (χ0n) is 13.6. The number of rotatable bonds is 5. The highest BCUT2D eigenvalue weighted by Crippen LogP contribution is 2.37. The Bertz CT molecular complexity index is 536. The molecule has 1 aliphatic heterocycles. The van der Waals surface area contributed by atoms with Crippen molar-refractivity contribution in [3.63, 3.8) is 0 Å². The lowest BCUT2D eigenvalue weighted by Crippen LogP contribution is -2.59. The average molecular weight is 324 g/mol. The van der Waals surface area contributed by atoms with Crippen molar-refractivity contribution in [2.75, 3.05) is 33.9 Å². The Kier molecular flexibility index (Phi) is 5.85. The predicted octanol–water partition coefficient (Wildman–Crippen LogP) is 1.13. The Hall–Kier alpha value is -1.53. The maximum atomic E-state index is 5.55. The molecule has 0 aliphatic carbocycles. The molecular weight excluding hydrogens is 298 g/mol. The molecule has 22 heavy (non-hydrogen) atoms. The van der Waals surface area contributed by atoms with Crippen molar-refractivity contribution in [2.45, 2.75) is 25.8 Å². The van der Waals surface area contributed by atoms with E-state index in [2.05, 4.69) is 35.0 Å². The number of hydrogen-bond acceptors (Lipinski definition) is 3. The largest absolute Gasteiger partial charge is 0.493 e. The molecule has 0 fully saturated rings. The van der Waals surface area contributed by atoms with Gasteiger partial charge in [-0.3, -0.25) is 0 Å². The third kappa shape index (κ3) is 3.28. The molecule has 1 heterocycles. The van der Waals surface area contributed by atoms with Gasteiger partial charge in [0.15, 0.2) is 16.6 Å². The van der Waals surface area contributed by atoms with Crippen molar-refractivity contribution in [3.05, 3.63) is 23.3 Å². The zero-order chi connectivity index (χ0) is 16.1. The molecule has 0 radical (unpaired) electrons. The van der Waals surface area contributed by atoms with E-state index >= 15 is 0 Å². The monoisotopic (exact) mass is 324 g/mol. The smallest absolute Gasteiger partial charge is 0.169 e. The van der Waals surface area contributed by atoms with E-state index in [-0.39, 0.29) is 6.04 Å². The number of nitrogens with one attached hydrogen (secondary N) is 1. The van der Waals surface area contributed by atoms with Gasteiger partial charge in [-0.2, -0.15) is 0 Å². The van der Waals surface area contributed by atoms with Gasteiger partial charge in [0.05, 0.1) is 20.8 Å². The molecule has 122 valence electrons. The second-order valence-electron chi connectivity index (χ2n) is 5.39. The quantitative estimate of drug-likeness (QED) is 0.795. The summed E-state index contributed by atoms with van der Waals surface area (Å²) in [5.74, 6) is 1.54. The molecular formula is C16H26N3O2S+. The first-order chi connectivity index (χ1) is 10.7. The second-order valence-corrected chi connectivity index (χ2v) is 5.77. The van der Waals surface area contributed by atoms with E-state index in [4.69, 9.17) is 21.7 Å². The van der Waals surface area contributed by atoms with E-state index in [9.17, 15) is 0 Å². The summed E-state index contributed by atoms with van der Waals surface area (Å²) in [6.07, 6.45) is 2.00. The van der Waals surface area contributed by atoms with Gasteiger partial charge in [0.1, 0.15) is 6.04 Å². The van der Waals surface area contributed by atoms with Crippen molar-refractivity contribution in [3.8, 4) is 11.5 Å². The van der Waals surface area contributed by atoms with Gasteiger partial charge in [-0.1, -0.05) is 6.92 Å². The molecule has 1 aliphatic rings. The number of methoxy groups -OCH3 is 2. The minimum atomic E-state index is 0.181. The highest BCUT2D eigenvalue weighted by molar-refractivity contribution is 7.80. The molecule has 1 aromatic rings. The van der Waals surface area contributed by atoms with Gasteiger partial charge in [-0.15, -0.1) is 0 Å². The summed E-state index contributed by atoms with van der Waals surface area (Å²) in [5, 5.41) is 4.14. The van der Waals surface area contributed by atoms with Crippen LogP contribution in [0.3, 0.4) is 0 Å².